The number of fused-ring (bicyclic) bond motifs is 4. The van der Waals surface area contributed by atoms with Crippen LogP contribution in [0.5, 0.6) is 5.75 Å². The summed E-state index contributed by atoms with van der Waals surface area (Å²) in [4.78, 5) is 43.7. The quantitative estimate of drug-likeness (QED) is 0.555. The molecule has 10 nitrogen and oxygen atoms in total. The average molecular weight is 585 g/mol. The molecule has 0 aromatic heterocycles. The number of ether oxygens (including phenoxy) is 3. The highest BCUT2D eigenvalue weighted by atomic mass is 35.5. The van der Waals surface area contributed by atoms with Gasteiger partial charge in [-0.25, -0.2) is 0 Å². The van der Waals surface area contributed by atoms with Crippen molar-refractivity contribution in [2.75, 3.05) is 46.5 Å². The van der Waals surface area contributed by atoms with Gasteiger partial charge in [0, 0.05) is 51.3 Å². The molecule has 0 spiro atoms. The lowest BCUT2D eigenvalue weighted by Gasteiger charge is -2.42. The maximum absolute atomic E-state index is 13.9. The van der Waals surface area contributed by atoms with Crippen LogP contribution in [0.3, 0.4) is 0 Å². The number of halogens is 1. The number of methoxy groups -OCH3 is 1. The Morgan fingerprint density at radius 1 is 1.12 bits per heavy atom. The Morgan fingerprint density at radius 2 is 1.98 bits per heavy atom. The van der Waals surface area contributed by atoms with Crippen LogP contribution < -0.4 is 15.4 Å². The zero-order valence-corrected chi connectivity index (χ0v) is 24.0. The van der Waals surface area contributed by atoms with E-state index >= 15 is 0 Å². The highest BCUT2D eigenvalue weighted by Gasteiger charge is 2.38. The molecular weight excluding hydrogens is 548 g/mol. The van der Waals surface area contributed by atoms with Gasteiger partial charge in [-0.1, -0.05) is 35.9 Å². The molecule has 0 radical (unpaired) electrons. The first kappa shape index (κ1) is 29.3. The Labute approximate surface area is 245 Å². The fraction of sp³-hybridized carbons (Fsp3) is 0.500. The second-order valence-electron chi connectivity index (χ2n) is 10.7. The van der Waals surface area contributed by atoms with Crippen molar-refractivity contribution < 1.29 is 28.6 Å². The topological polar surface area (TPSA) is 109 Å². The summed E-state index contributed by atoms with van der Waals surface area (Å²) in [6.45, 7) is 2.48. The van der Waals surface area contributed by atoms with E-state index < -0.39 is 12.1 Å². The van der Waals surface area contributed by atoms with Crippen molar-refractivity contribution in [2.24, 2.45) is 0 Å². The molecule has 2 saturated heterocycles. The maximum atomic E-state index is 13.9. The summed E-state index contributed by atoms with van der Waals surface area (Å²) < 4.78 is 17.4. The largest absolute Gasteiger partial charge is 0.493 e. The maximum Gasteiger partial charge on any atom is 0.258 e. The Hall–Kier alpha value is -3.18. The van der Waals surface area contributed by atoms with Crippen molar-refractivity contribution >= 4 is 29.3 Å². The number of carbonyl (C=O) groups excluding carboxylic acids is 3. The normalized spacial score (nSPS) is 25.7. The van der Waals surface area contributed by atoms with Crippen LogP contribution in [0.25, 0.3) is 0 Å². The van der Waals surface area contributed by atoms with Gasteiger partial charge < -0.3 is 29.7 Å². The highest BCUT2D eigenvalue weighted by Crippen LogP contribution is 2.27. The lowest BCUT2D eigenvalue weighted by Crippen LogP contribution is -2.62. The second-order valence-corrected chi connectivity index (χ2v) is 11.2. The third-order valence-corrected chi connectivity index (χ3v) is 8.09. The van der Waals surface area contributed by atoms with Crippen molar-refractivity contribution in [3.05, 3.63) is 64.7 Å². The number of nitrogens with zero attached hydrogens (tertiary/aromatic N) is 2. The van der Waals surface area contributed by atoms with Crippen LogP contribution >= 0.6 is 11.6 Å². The fourth-order valence-corrected chi connectivity index (χ4v) is 6.01. The minimum atomic E-state index is -0.729. The molecule has 3 aliphatic heterocycles. The van der Waals surface area contributed by atoms with Crippen molar-refractivity contribution in [1.29, 1.82) is 0 Å². The van der Waals surface area contributed by atoms with Gasteiger partial charge in [0.2, 0.25) is 11.8 Å². The molecular formula is C30H37ClN4O6. The average Bonchev–Trinajstić information content (AvgIpc) is 2.96. The van der Waals surface area contributed by atoms with Crippen molar-refractivity contribution in [3.8, 4) is 5.75 Å². The van der Waals surface area contributed by atoms with E-state index in [0.717, 1.165) is 12.0 Å². The smallest absolute Gasteiger partial charge is 0.258 e. The van der Waals surface area contributed by atoms with Crippen LogP contribution in [0.15, 0.2) is 48.5 Å². The van der Waals surface area contributed by atoms with Crippen LogP contribution in [-0.2, 0) is 25.6 Å². The molecule has 0 saturated carbocycles. The number of rotatable bonds is 5. The van der Waals surface area contributed by atoms with Gasteiger partial charge >= 0.3 is 0 Å². The van der Waals surface area contributed by atoms with Gasteiger partial charge in [-0.05, 0) is 42.7 Å². The number of benzene rings is 2. The van der Waals surface area contributed by atoms with E-state index in [2.05, 4.69) is 15.5 Å². The predicted molar refractivity (Wildman–Crippen MR) is 153 cm³/mol. The summed E-state index contributed by atoms with van der Waals surface area (Å²) in [5.41, 5.74) is 1.47. The molecule has 2 aromatic carbocycles. The van der Waals surface area contributed by atoms with E-state index in [9.17, 15) is 14.4 Å². The van der Waals surface area contributed by atoms with E-state index in [0.29, 0.717) is 62.0 Å². The standard InChI is InChI=1S/C30H37ClN4O6/c1-39-19-28(36)33-24-10-9-22-11-14-40-26-8-3-2-7-23(26)30(38)35-13-12-34(17-20-5-4-6-21(31)15-20)18-25(35)29(37)32-16-27(24)41-22/h2-8,15,22,24-25,27H,9-14,16-19H2,1H3,(H,32,37)(H,33,36)/t22-,24+,25-,27+/m0/s1. The molecule has 3 heterocycles. The predicted octanol–water partition coefficient (Wildman–Crippen LogP) is 2.24. The van der Waals surface area contributed by atoms with Crippen LogP contribution in [0.4, 0.5) is 0 Å². The molecule has 11 heteroatoms. The number of piperazine rings is 1. The lowest BCUT2D eigenvalue weighted by molar-refractivity contribution is -0.132. The first-order valence-electron chi connectivity index (χ1n) is 14.1. The number of hydrogen-bond donors (Lipinski definition) is 2. The zero-order chi connectivity index (χ0) is 28.8. The molecule has 4 atom stereocenters. The first-order valence-corrected chi connectivity index (χ1v) is 14.5. The number of hydrogen-bond acceptors (Lipinski definition) is 7. The molecule has 0 unspecified atom stereocenters. The molecule has 2 N–H and O–H groups in total. The number of amides is 3. The molecule has 3 aliphatic rings. The van der Waals surface area contributed by atoms with Crippen LogP contribution in [0, 0.1) is 0 Å². The lowest BCUT2D eigenvalue weighted by atomic mass is 9.96. The highest BCUT2D eigenvalue weighted by molar-refractivity contribution is 6.30. The van der Waals surface area contributed by atoms with E-state index in [1.807, 2.05) is 30.3 Å². The van der Waals surface area contributed by atoms with Gasteiger partial charge in [0.05, 0.1) is 30.4 Å². The minimum absolute atomic E-state index is 0.0478. The van der Waals surface area contributed by atoms with E-state index in [1.165, 1.54) is 7.11 Å². The van der Waals surface area contributed by atoms with Gasteiger partial charge in [0.1, 0.15) is 18.4 Å². The molecule has 0 aliphatic carbocycles. The molecule has 3 amide bonds. The van der Waals surface area contributed by atoms with Gasteiger partial charge in [0.15, 0.2) is 0 Å². The third-order valence-electron chi connectivity index (χ3n) is 7.85. The summed E-state index contributed by atoms with van der Waals surface area (Å²) in [7, 11) is 1.47. The van der Waals surface area contributed by atoms with E-state index in [1.54, 1.807) is 23.1 Å². The van der Waals surface area contributed by atoms with Crippen LogP contribution in [0.2, 0.25) is 5.02 Å². The second kappa shape index (κ2) is 13.7. The Morgan fingerprint density at radius 3 is 2.80 bits per heavy atom. The molecule has 220 valence electrons. The minimum Gasteiger partial charge on any atom is -0.493 e. The Bertz CT molecular complexity index is 1240. The Kier molecular flexibility index (Phi) is 9.76. The number of carbonyl (C=O) groups is 3. The summed E-state index contributed by atoms with van der Waals surface area (Å²) in [5, 5.41) is 6.68. The van der Waals surface area contributed by atoms with Crippen molar-refractivity contribution in [1.82, 2.24) is 20.4 Å². The summed E-state index contributed by atoms with van der Waals surface area (Å²) in [6.07, 6.45) is 1.54. The molecule has 5 rings (SSSR count). The fourth-order valence-electron chi connectivity index (χ4n) is 5.80. The molecule has 41 heavy (non-hydrogen) atoms. The van der Waals surface area contributed by atoms with Crippen molar-refractivity contribution in [3.63, 3.8) is 0 Å². The number of para-hydroxylation sites is 1. The molecule has 2 fully saturated rings. The van der Waals surface area contributed by atoms with Gasteiger partial charge in [-0.2, -0.15) is 0 Å². The third kappa shape index (κ3) is 7.37. The van der Waals surface area contributed by atoms with Crippen LogP contribution in [-0.4, -0.2) is 98.3 Å². The summed E-state index contributed by atoms with van der Waals surface area (Å²) in [6, 6.07) is 13.8. The van der Waals surface area contributed by atoms with Crippen LogP contribution in [0.1, 0.15) is 35.2 Å². The first-order chi connectivity index (χ1) is 19.9. The van der Waals surface area contributed by atoms with Gasteiger partial charge in [-0.3, -0.25) is 19.3 Å². The van der Waals surface area contributed by atoms with E-state index in [-0.39, 0.29) is 43.0 Å². The summed E-state index contributed by atoms with van der Waals surface area (Å²) in [5.74, 6) is -0.239. The monoisotopic (exact) mass is 584 g/mol. The number of nitrogens with one attached hydrogen (secondary N) is 2. The van der Waals surface area contributed by atoms with Gasteiger partial charge in [-0.15, -0.1) is 0 Å². The Balaban J connectivity index is 1.39. The molecule has 2 bridgehead atoms. The van der Waals surface area contributed by atoms with Crippen molar-refractivity contribution in [2.45, 2.75) is 50.1 Å². The summed E-state index contributed by atoms with van der Waals surface area (Å²) >= 11 is 6.20. The van der Waals surface area contributed by atoms with Gasteiger partial charge in [0.25, 0.3) is 5.91 Å². The van der Waals surface area contributed by atoms with E-state index in [4.69, 9.17) is 25.8 Å². The molecule has 2 aromatic rings. The zero-order valence-electron chi connectivity index (χ0n) is 23.2. The SMILES string of the molecule is COCC(=O)N[C@@H]1CC[C@H]2CCOc3ccccc3C(=O)N3CCN(Cc4cccc(Cl)c4)C[C@H]3C(=O)NC[C@H]1O2.